The molecule has 1 aliphatic carbocycles. The van der Waals surface area contributed by atoms with Gasteiger partial charge in [-0.1, -0.05) is 30.9 Å². The molecule has 1 aromatic rings. The molecule has 0 aliphatic heterocycles. The molecule has 2 rings (SSSR count). The second kappa shape index (κ2) is 5.85. The lowest BCUT2D eigenvalue weighted by atomic mass is 9.83. The number of halogens is 1. The maximum absolute atomic E-state index is 6.24. The summed E-state index contributed by atoms with van der Waals surface area (Å²) in [7, 11) is 0. The molecule has 1 aromatic heterocycles. The second-order valence-electron chi connectivity index (χ2n) is 4.74. The zero-order valence-electron chi connectivity index (χ0n) is 10.3. The SMILES string of the molecule is CCn1ncc(Cl)c1C(NN)C1CCCCC1. The van der Waals surface area contributed by atoms with Gasteiger partial charge in [0, 0.05) is 6.54 Å². The van der Waals surface area contributed by atoms with Crippen LogP contribution in [0.3, 0.4) is 0 Å². The molecule has 1 aliphatic rings. The van der Waals surface area contributed by atoms with E-state index in [9.17, 15) is 0 Å². The minimum Gasteiger partial charge on any atom is -0.271 e. The fourth-order valence-corrected chi connectivity index (χ4v) is 3.10. The molecule has 1 heterocycles. The molecule has 0 spiro atoms. The van der Waals surface area contributed by atoms with Crippen LogP contribution in [0.15, 0.2) is 6.20 Å². The lowest BCUT2D eigenvalue weighted by Gasteiger charge is -2.30. The summed E-state index contributed by atoms with van der Waals surface area (Å²) in [5.74, 6) is 6.31. The molecule has 17 heavy (non-hydrogen) atoms. The van der Waals surface area contributed by atoms with Gasteiger partial charge in [0.2, 0.25) is 0 Å². The van der Waals surface area contributed by atoms with Gasteiger partial charge in [-0.3, -0.25) is 16.0 Å². The third-order valence-corrected chi connectivity index (χ3v) is 4.02. The van der Waals surface area contributed by atoms with E-state index in [1.807, 2.05) is 4.68 Å². The van der Waals surface area contributed by atoms with E-state index in [4.69, 9.17) is 17.4 Å². The number of nitrogens with two attached hydrogens (primary N) is 1. The van der Waals surface area contributed by atoms with Crippen molar-refractivity contribution in [3.05, 3.63) is 16.9 Å². The van der Waals surface area contributed by atoms with Crippen molar-refractivity contribution in [2.75, 3.05) is 0 Å². The van der Waals surface area contributed by atoms with Crippen molar-refractivity contribution >= 4 is 11.6 Å². The average molecular weight is 257 g/mol. The van der Waals surface area contributed by atoms with Crippen LogP contribution in [0, 0.1) is 5.92 Å². The quantitative estimate of drug-likeness (QED) is 0.643. The first-order chi connectivity index (χ1) is 8.27. The van der Waals surface area contributed by atoms with Gasteiger partial charge in [0.05, 0.1) is 23.0 Å². The van der Waals surface area contributed by atoms with Gasteiger partial charge in [-0.15, -0.1) is 0 Å². The maximum atomic E-state index is 6.24. The topological polar surface area (TPSA) is 55.9 Å². The number of nitrogens with zero attached hydrogens (tertiary/aromatic N) is 2. The lowest BCUT2D eigenvalue weighted by Crippen LogP contribution is -2.36. The van der Waals surface area contributed by atoms with Gasteiger partial charge >= 0.3 is 0 Å². The zero-order valence-corrected chi connectivity index (χ0v) is 11.1. The molecule has 3 N–H and O–H groups in total. The zero-order chi connectivity index (χ0) is 12.3. The van der Waals surface area contributed by atoms with Gasteiger partial charge in [0.1, 0.15) is 0 Å². The Morgan fingerprint density at radius 2 is 2.24 bits per heavy atom. The molecule has 0 aromatic carbocycles. The minimum atomic E-state index is 0.130. The first-order valence-corrected chi connectivity index (χ1v) is 6.83. The Balaban J connectivity index is 2.23. The molecule has 0 saturated heterocycles. The van der Waals surface area contributed by atoms with Crippen LogP contribution in [0.5, 0.6) is 0 Å². The van der Waals surface area contributed by atoms with Crippen molar-refractivity contribution in [2.24, 2.45) is 11.8 Å². The number of rotatable bonds is 4. The number of hydrogen-bond acceptors (Lipinski definition) is 3. The molecule has 0 amide bonds. The van der Waals surface area contributed by atoms with Crippen LogP contribution in [0.2, 0.25) is 5.02 Å². The third-order valence-electron chi connectivity index (χ3n) is 3.73. The summed E-state index contributed by atoms with van der Waals surface area (Å²) in [5.41, 5.74) is 3.99. The summed E-state index contributed by atoms with van der Waals surface area (Å²) in [6.45, 7) is 2.90. The number of nitrogens with one attached hydrogen (secondary N) is 1. The standard InChI is InChI=1S/C12H21ClN4/c1-2-17-12(10(13)8-15-17)11(16-14)9-6-4-3-5-7-9/h8-9,11,16H,2-7,14H2,1H3. The van der Waals surface area contributed by atoms with Gasteiger partial charge in [0.15, 0.2) is 0 Å². The molecular weight excluding hydrogens is 236 g/mol. The molecular formula is C12H21ClN4. The van der Waals surface area contributed by atoms with Crippen molar-refractivity contribution in [3.63, 3.8) is 0 Å². The third kappa shape index (κ3) is 2.64. The predicted molar refractivity (Wildman–Crippen MR) is 69.6 cm³/mol. The Labute approximate surface area is 107 Å². The fraction of sp³-hybridized carbons (Fsp3) is 0.750. The molecule has 1 unspecified atom stereocenters. The smallest absolute Gasteiger partial charge is 0.0834 e. The average Bonchev–Trinajstić information content (AvgIpc) is 2.74. The number of hydrazine groups is 1. The van der Waals surface area contributed by atoms with E-state index in [1.54, 1.807) is 6.20 Å². The molecule has 0 radical (unpaired) electrons. The van der Waals surface area contributed by atoms with Gasteiger partial charge < -0.3 is 0 Å². The molecule has 1 fully saturated rings. The van der Waals surface area contributed by atoms with Crippen molar-refractivity contribution in [3.8, 4) is 0 Å². The Bertz CT molecular complexity index is 357. The van der Waals surface area contributed by atoms with Gasteiger partial charge in [-0.2, -0.15) is 5.10 Å². The van der Waals surface area contributed by atoms with Crippen LogP contribution in [0.4, 0.5) is 0 Å². The van der Waals surface area contributed by atoms with Crippen LogP contribution in [0.25, 0.3) is 0 Å². The molecule has 96 valence electrons. The van der Waals surface area contributed by atoms with Crippen molar-refractivity contribution < 1.29 is 0 Å². The van der Waals surface area contributed by atoms with E-state index >= 15 is 0 Å². The second-order valence-corrected chi connectivity index (χ2v) is 5.14. The molecule has 5 heteroatoms. The highest BCUT2D eigenvalue weighted by Gasteiger charge is 2.28. The van der Waals surface area contributed by atoms with E-state index < -0.39 is 0 Å². The van der Waals surface area contributed by atoms with Gasteiger partial charge in [-0.05, 0) is 25.7 Å². The van der Waals surface area contributed by atoms with E-state index in [0.29, 0.717) is 5.92 Å². The Kier molecular flexibility index (Phi) is 4.42. The summed E-state index contributed by atoms with van der Waals surface area (Å²) in [5, 5.41) is 5.01. The summed E-state index contributed by atoms with van der Waals surface area (Å²) < 4.78 is 1.95. The van der Waals surface area contributed by atoms with Crippen molar-refractivity contribution in [2.45, 2.75) is 51.6 Å². The van der Waals surface area contributed by atoms with E-state index in [-0.39, 0.29) is 6.04 Å². The van der Waals surface area contributed by atoms with E-state index in [2.05, 4.69) is 17.4 Å². The van der Waals surface area contributed by atoms with Crippen molar-refractivity contribution in [1.29, 1.82) is 0 Å². The lowest BCUT2D eigenvalue weighted by molar-refractivity contribution is 0.263. The molecule has 0 bridgehead atoms. The monoisotopic (exact) mass is 256 g/mol. The Morgan fingerprint density at radius 3 is 2.82 bits per heavy atom. The maximum Gasteiger partial charge on any atom is 0.0834 e. The van der Waals surface area contributed by atoms with Crippen LogP contribution in [-0.2, 0) is 6.54 Å². The van der Waals surface area contributed by atoms with Gasteiger partial charge in [0.25, 0.3) is 0 Å². The summed E-state index contributed by atoms with van der Waals surface area (Å²) in [6.07, 6.45) is 8.09. The number of aryl methyl sites for hydroxylation is 1. The normalized spacial score (nSPS) is 19.5. The minimum absolute atomic E-state index is 0.130. The molecule has 1 atom stereocenters. The summed E-state index contributed by atoms with van der Waals surface area (Å²) in [6, 6.07) is 0.130. The predicted octanol–water partition coefficient (Wildman–Crippen LogP) is 2.64. The van der Waals surface area contributed by atoms with Crippen LogP contribution >= 0.6 is 11.6 Å². The number of aromatic nitrogens is 2. The number of hydrogen-bond donors (Lipinski definition) is 2. The van der Waals surface area contributed by atoms with Crippen LogP contribution < -0.4 is 11.3 Å². The molecule has 4 nitrogen and oxygen atoms in total. The highest BCUT2D eigenvalue weighted by molar-refractivity contribution is 6.31. The summed E-state index contributed by atoms with van der Waals surface area (Å²) in [4.78, 5) is 0. The van der Waals surface area contributed by atoms with Crippen LogP contribution in [-0.4, -0.2) is 9.78 Å². The Hall–Kier alpha value is -0.580. The highest BCUT2D eigenvalue weighted by Crippen LogP contribution is 2.36. The van der Waals surface area contributed by atoms with Crippen LogP contribution in [0.1, 0.15) is 50.8 Å². The summed E-state index contributed by atoms with van der Waals surface area (Å²) >= 11 is 6.24. The highest BCUT2D eigenvalue weighted by atomic mass is 35.5. The first kappa shape index (κ1) is 12.9. The van der Waals surface area contributed by atoms with Crippen molar-refractivity contribution in [1.82, 2.24) is 15.2 Å². The van der Waals surface area contributed by atoms with E-state index in [1.165, 1.54) is 32.1 Å². The fourth-order valence-electron chi connectivity index (χ4n) is 2.84. The van der Waals surface area contributed by atoms with Gasteiger partial charge in [-0.25, -0.2) is 0 Å². The Morgan fingerprint density at radius 1 is 1.53 bits per heavy atom. The first-order valence-electron chi connectivity index (χ1n) is 6.45. The largest absolute Gasteiger partial charge is 0.271 e. The molecule has 1 saturated carbocycles. The van der Waals surface area contributed by atoms with E-state index in [0.717, 1.165) is 17.3 Å².